The quantitative estimate of drug-likeness (QED) is 0.375. The maximum Gasteiger partial charge on any atom is 0.223 e. The summed E-state index contributed by atoms with van der Waals surface area (Å²) in [6, 6.07) is 3.64. The molecule has 1 aromatic heterocycles. The number of aromatic nitrogens is 1. The van der Waals surface area contributed by atoms with Crippen molar-refractivity contribution in [2.24, 2.45) is 10.7 Å². The highest BCUT2D eigenvalue weighted by Crippen LogP contribution is 2.21. The summed E-state index contributed by atoms with van der Waals surface area (Å²) >= 11 is 0. The summed E-state index contributed by atoms with van der Waals surface area (Å²) in [5, 5.41) is 0. The number of hydrogen-bond acceptors (Lipinski definition) is 3. The van der Waals surface area contributed by atoms with E-state index in [4.69, 9.17) is 10.5 Å². The van der Waals surface area contributed by atoms with E-state index < -0.39 is 0 Å². The van der Waals surface area contributed by atoms with Crippen LogP contribution in [-0.4, -0.2) is 11.3 Å². The molecule has 0 unspecified atom stereocenters. The molecule has 90 valence electrons. The van der Waals surface area contributed by atoms with Gasteiger partial charge >= 0.3 is 0 Å². The second kappa shape index (κ2) is 5.84. The minimum Gasteiger partial charge on any atom is -0.437 e. The molecule has 0 aromatic carbocycles. The fourth-order valence-corrected chi connectivity index (χ4v) is 1.13. The Kier molecular flexibility index (Phi) is 4.46. The molecule has 0 saturated carbocycles. The predicted molar refractivity (Wildman–Crippen MR) is 69.8 cm³/mol. The summed E-state index contributed by atoms with van der Waals surface area (Å²) < 4.78 is 5.69. The molecule has 0 fully saturated rings. The van der Waals surface area contributed by atoms with Crippen molar-refractivity contribution in [3.8, 4) is 5.75 Å². The number of pyridine rings is 1. The van der Waals surface area contributed by atoms with Crippen LogP contribution >= 0.6 is 0 Å². The Bertz CT molecular complexity index is 475. The molecule has 17 heavy (non-hydrogen) atoms. The molecule has 0 radical (unpaired) electrons. The zero-order valence-corrected chi connectivity index (χ0v) is 10.4. The van der Waals surface area contributed by atoms with Gasteiger partial charge in [0.25, 0.3) is 0 Å². The van der Waals surface area contributed by atoms with Crippen molar-refractivity contribution in [3.63, 3.8) is 0 Å². The van der Waals surface area contributed by atoms with Crippen molar-refractivity contribution in [2.75, 3.05) is 0 Å². The molecule has 4 nitrogen and oxygen atoms in total. The maximum absolute atomic E-state index is 5.69. The van der Waals surface area contributed by atoms with Crippen LogP contribution in [0.25, 0.3) is 0 Å². The van der Waals surface area contributed by atoms with Crippen LogP contribution in [0.3, 0.4) is 0 Å². The predicted octanol–water partition coefficient (Wildman–Crippen LogP) is 2.56. The second-order valence-electron chi connectivity index (χ2n) is 3.68. The highest BCUT2D eigenvalue weighted by molar-refractivity contribution is 5.54. The molecule has 4 heteroatoms. The van der Waals surface area contributed by atoms with Crippen LogP contribution in [-0.2, 0) is 0 Å². The Morgan fingerprint density at radius 2 is 2.24 bits per heavy atom. The van der Waals surface area contributed by atoms with Crippen molar-refractivity contribution >= 4 is 6.34 Å². The van der Waals surface area contributed by atoms with Crippen LogP contribution in [0.15, 0.2) is 46.9 Å². The van der Waals surface area contributed by atoms with E-state index in [0.29, 0.717) is 11.6 Å². The highest BCUT2D eigenvalue weighted by Gasteiger charge is 2.07. The average molecular weight is 231 g/mol. The number of hydrogen-bond donors (Lipinski definition) is 1. The Labute approximate surface area is 102 Å². The van der Waals surface area contributed by atoms with Crippen LogP contribution < -0.4 is 10.5 Å². The minimum absolute atomic E-state index is 0.441. The third-order valence-electron chi connectivity index (χ3n) is 2.32. The lowest BCUT2D eigenvalue weighted by Gasteiger charge is -2.10. The molecule has 0 spiro atoms. The molecule has 0 atom stereocenters. The Morgan fingerprint density at radius 1 is 1.53 bits per heavy atom. The topological polar surface area (TPSA) is 60.5 Å². The first-order chi connectivity index (χ1) is 8.06. The molecule has 0 saturated heterocycles. The minimum atomic E-state index is 0.441. The molecular weight excluding hydrogens is 214 g/mol. The average Bonchev–Trinajstić information content (AvgIpc) is 2.30. The third-order valence-corrected chi connectivity index (χ3v) is 2.32. The first-order valence-corrected chi connectivity index (χ1v) is 5.26. The highest BCUT2D eigenvalue weighted by atomic mass is 16.5. The summed E-state index contributed by atoms with van der Waals surface area (Å²) in [5.41, 5.74) is 7.84. The van der Waals surface area contributed by atoms with Gasteiger partial charge in [-0.15, -0.1) is 0 Å². The van der Waals surface area contributed by atoms with E-state index in [1.54, 1.807) is 6.20 Å². The van der Waals surface area contributed by atoms with E-state index in [-0.39, 0.29) is 0 Å². The monoisotopic (exact) mass is 231 g/mol. The largest absolute Gasteiger partial charge is 0.437 e. The summed E-state index contributed by atoms with van der Waals surface area (Å²) in [6.45, 7) is 9.50. The molecule has 0 aliphatic heterocycles. The lowest BCUT2D eigenvalue weighted by Crippen LogP contribution is -2.02. The fourth-order valence-electron chi connectivity index (χ4n) is 1.13. The van der Waals surface area contributed by atoms with Crippen molar-refractivity contribution in [1.29, 1.82) is 0 Å². The number of aryl methyl sites for hydroxylation is 1. The van der Waals surface area contributed by atoms with E-state index in [2.05, 4.69) is 16.6 Å². The number of aliphatic imine (C=N–C) groups is 1. The van der Waals surface area contributed by atoms with Gasteiger partial charge in [-0.25, -0.2) is 4.99 Å². The smallest absolute Gasteiger partial charge is 0.223 e. The van der Waals surface area contributed by atoms with Crippen LogP contribution in [0.4, 0.5) is 0 Å². The molecule has 2 N–H and O–H groups in total. The lowest BCUT2D eigenvalue weighted by molar-refractivity contribution is 0.410. The number of ether oxygens (including phenoxy) is 1. The van der Waals surface area contributed by atoms with Crippen LogP contribution in [0.2, 0.25) is 0 Å². The summed E-state index contributed by atoms with van der Waals surface area (Å²) in [6.07, 6.45) is 2.91. The van der Waals surface area contributed by atoms with E-state index >= 15 is 0 Å². The molecule has 0 aliphatic carbocycles. The standard InChI is InChI=1S/C13H17N3O/c1-9(2)10(3)13(16-8-14)17-12-6-5-7-15-11(12)4/h5-8H,1H2,2-4H3,(H2,14,16)/b13-10+. The van der Waals surface area contributed by atoms with E-state index in [9.17, 15) is 0 Å². The van der Waals surface area contributed by atoms with Crippen LogP contribution in [0, 0.1) is 6.92 Å². The first-order valence-electron chi connectivity index (χ1n) is 5.26. The van der Waals surface area contributed by atoms with Gasteiger partial charge in [-0.1, -0.05) is 12.2 Å². The fraction of sp³-hybridized carbons (Fsp3) is 0.231. The molecule has 0 amide bonds. The SMILES string of the molecule is C=C(C)/C(C)=C(\N=C/N)Oc1cccnc1C. The molecule has 1 heterocycles. The number of nitrogens with zero attached hydrogens (tertiary/aromatic N) is 2. The molecular formula is C13H17N3O. The van der Waals surface area contributed by atoms with E-state index in [1.165, 1.54) is 6.34 Å². The molecule has 0 bridgehead atoms. The second-order valence-corrected chi connectivity index (χ2v) is 3.68. The summed E-state index contributed by atoms with van der Waals surface area (Å²) in [5.74, 6) is 1.10. The number of rotatable bonds is 4. The van der Waals surface area contributed by atoms with Gasteiger partial charge in [-0.2, -0.15) is 0 Å². The number of nitrogens with two attached hydrogens (primary N) is 1. The normalized spacial score (nSPS) is 12.4. The molecule has 1 aromatic rings. The summed E-state index contributed by atoms with van der Waals surface area (Å²) in [7, 11) is 0. The zero-order chi connectivity index (χ0) is 12.8. The third kappa shape index (κ3) is 3.45. The van der Waals surface area contributed by atoms with Gasteiger partial charge in [0, 0.05) is 11.8 Å². The van der Waals surface area contributed by atoms with Gasteiger partial charge in [0.15, 0.2) is 5.75 Å². The van der Waals surface area contributed by atoms with Crippen LogP contribution in [0.1, 0.15) is 19.5 Å². The van der Waals surface area contributed by atoms with Crippen LogP contribution in [0.5, 0.6) is 5.75 Å². The van der Waals surface area contributed by atoms with Gasteiger partial charge in [-0.3, -0.25) is 4.98 Å². The van der Waals surface area contributed by atoms with Gasteiger partial charge in [0.05, 0.1) is 12.0 Å². The van der Waals surface area contributed by atoms with Crippen molar-refractivity contribution < 1.29 is 4.74 Å². The van der Waals surface area contributed by atoms with E-state index in [0.717, 1.165) is 16.8 Å². The van der Waals surface area contributed by atoms with Crippen molar-refractivity contribution in [1.82, 2.24) is 4.98 Å². The van der Waals surface area contributed by atoms with Gasteiger partial charge < -0.3 is 10.5 Å². The van der Waals surface area contributed by atoms with Crippen molar-refractivity contribution in [3.05, 3.63) is 47.6 Å². The van der Waals surface area contributed by atoms with Gasteiger partial charge in [0.2, 0.25) is 5.88 Å². The maximum atomic E-state index is 5.69. The summed E-state index contributed by atoms with van der Waals surface area (Å²) in [4.78, 5) is 8.15. The first kappa shape index (κ1) is 13.0. The lowest BCUT2D eigenvalue weighted by atomic mass is 10.2. The molecule has 1 rings (SSSR count). The van der Waals surface area contributed by atoms with E-state index in [1.807, 2.05) is 32.9 Å². The Hall–Kier alpha value is -2.10. The Balaban J connectivity index is 3.09. The number of allylic oxidation sites excluding steroid dienone is 2. The van der Waals surface area contributed by atoms with Crippen molar-refractivity contribution in [2.45, 2.75) is 20.8 Å². The zero-order valence-electron chi connectivity index (χ0n) is 10.4. The molecule has 0 aliphatic rings. The van der Waals surface area contributed by atoms with Gasteiger partial charge in [0.1, 0.15) is 0 Å². The Morgan fingerprint density at radius 3 is 2.76 bits per heavy atom. The van der Waals surface area contributed by atoms with Gasteiger partial charge in [-0.05, 0) is 32.9 Å².